The molecule has 2 nitrogen and oxygen atoms in total. The fourth-order valence-corrected chi connectivity index (χ4v) is 2.41. The van der Waals surface area contributed by atoms with Gasteiger partial charge in [0.15, 0.2) is 0 Å². The average Bonchev–Trinajstić information content (AvgIpc) is 2.77. The maximum Gasteiger partial charge on any atom is 0.339 e. The van der Waals surface area contributed by atoms with Crippen LogP contribution in [0.4, 0.5) is 0 Å². The van der Waals surface area contributed by atoms with Crippen molar-refractivity contribution in [1.82, 2.24) is 0 Å². The highest BCUT2D eigenvalue weighted by molar-refractivity contribution is 5.95. The van der Waals surface area contributed by atoms with Crippen LogP contribution in [0, 0.1) is 0 Å². The van der Waals surface area contributed by atoms with Crippen molar-refractivity contribution >= 4 is 5.97 Å². The molecule has 2 aromatic rings. The molecule has 0 saturated carbocycles. The Balaban J connectivity index is 2.03. The number of carbonyl (C=O) groups excluding carboxylic acids is 1. The first-order valence-corrected chi connectivity index (χ1v) is 6.31. The summed E-state index contributed by atoms with van der Waals surface area (Å²) in [7, 11) is 0. The Labute approximate surface area is 112 Å². The van der Waals surface area contributed by atoms with Crippen LogP contribution >= 0.6 is 0 Å². The second kappa shape index (κ2) is 4.73. The molecule has 0 spiro atoms. The maximum atomic E-state index is 11.9. The SMILES string of the molecule is C=CC[C@H]1OC(=O)c2cc(-c3ccccc3)ccc21. The van der Waals surface area contributed by atoms with Crippen LogP contribution in [0.1, 0.15) is 28.4 Å². The van der Waals surface area contributed by atoms with Crippen molar-refractivity contribution in [3.05, 3.63) is 72.3 Å². The van der Waals surface area contributed by atoms with Crippen LogP contribution in [0.25, 0.3) is 11.1 Å². The molecule has 0 bridgehead atoms. The third-order valence-corrected chi connectivity index (χ3v) is 3.36. The molecule has 0 saturated heterocycles. The lowest BCUT2D eigenvalue weighted by molar-refractivity contribution is 0.0392. The lowest BCUT2D eigenvalue weighted by Crippen LogP contribution is -1.96. The molecule has 1 atom stereocenters. The van der Waals surface area contributed by atoms with Crippen LogP contribution < -0.4 is 0 Å². The highest BCUT2D eigenvalue weighted by Gasteiger charge is 2.30. The second-order valence-corrected chi connectivity index (χ2v) is 4.59. The van der Waals surface area contributed by atoms with Crippen molar-refractivity contribution in [3.63, 3.8) is 0 Å². The van der Waals surface area contributed by atoms with Crippen molar-refractivity contribution in [1.29, 1.82) is 0 Å². The number of carbonyl (C=O) groups is 1. The van der Waals surface area contributed by atoms with E-state index in [1.165, 1.54) is 0 Å². The zero-order valence-corrected chi connectivity index (χ0v) is 10.5. The minimum Gasteiger partial charge on any atom is -0.454 e. The Morgan fingerprint density at radius 3 is 2.63 bits per heavy atom. The van der Waals surface area contributed by atoms with Gasteiger partial charge in [0.25, 0.3) is 0 Å². The number of hydrogen-bond donors (Lipinski definition) is 0. The van der Waals surface area contributed by atoms with Crippen molar-refractivity contribution in [2.75, 3.05) is 0 Å². The molecule has 3 rings (SSSR count). The van der Waals surface area contributed by atoms with Crippen molar-refractivity contribution < 1.29 is 9.53 Å². The molecule has 1 aliphatic heterocycles. The van der Waals surface area contributed by atoms with Gasteiger partial charge in [-0.25, -0.2) is 4.79 Å². The third-order valence-electron chi connectivity index (χ3n) is 3.36. The van der Waals surface area contributed by atoms with Gasteiger partial charge in [0.1, 0.15) is 6.10 Å². The van der Waals surface area contributed by atoms with E-state index in [4.69, 9.17) is 4.74 Å². The molecule has 1 aliphatic rings. The zero-order valence-electron chi connectivity index (χ0n) is 10.5. The molecule has 2 aromatic carbocycles. The average molecular weight is 250 g/mol. The molecule has 2 heteroatoms. The van der Waals surface area contributed by atoms with E-state index in [1.807, 2.05) is 48.5 Å². The van der Waals surface area contributed by atoms with Gasteiger partial charge in [-0.3, -0.25) is 0 Å². The third kappa shape index (κ3) is 2.06. The molecule has 0 fully saturated rings. The molecule has 0 radical (unpaired) electrons. The Morgan fingerprint density at radius 1 is 1.11 bits per heavy atom. The summed E-state index contributed by atoms with van der Waals surface area (Å²) in [5, 5.41) is 0. The first-order chi connectivity index (χ1) is 9.29. The molecular weight excluding hydrogens is 236 g/mol. The van der Waals surface area contributed by atoms with Gasteiger partial charge in [-0.2, -0.15) is 0 Å². The number of hydrogen-bond acceptors (Lipinski definition) is 2. The quantitative estimate of drug-likeness (QED) is 0.604. The van der Waals surface area contributed by atoms with E-state index in [0.717, 1.165) is 16.7 Å². The number of cyclic esters (lactones) is 1. The first kappa shape index (κ1) is 11.7. The second-order valence-electron chi connectivity index (χ2n) is 4.59. The zero-order chi connectivity index (χ0) is 13.2. The summed E-state index contributed by atoms with van der Waals surface area (Å²) in [5.41, 5.74) is 3.78. The number of ether oxygens (including phenoxy) is 1. The number of esters is 1. The number of fused-ring (bicyclic) bond motifs is 1. The van der Waals surface area contributed by atoms with Crippen LogP contribution in [-0.2, 0) is 4.74 Å². The van der Waals surface area contributed by atoms with E-state index in [9.17, 15) is 4.79 Å². The van der Waals surface area contributed by atoms with Gasteiger partial charge >= 0.3 is 5.97 Å². The van der Waals surface area contributed by atoms with Crippen LogP contribution in [0.5, 0.6) is 0 Å². The smallest absolute Gasteiger partial charge is 0.339 e. The Kier molecular flexibility index (Phi) is 2.92. The summed E-state index contributed by atoms with van der Waals surface area (Å²) in [6, 6.07) is 15.9. The van der Waals surface area contributed by atoms with Gasteiger partial charge in [0, 0.05) is 12.0 Å². The molecule has 19 heavy (non-hydrogen) atoms. The van der Waals surface area contributed by atoms with E-state index < -0.39 is 0 Å². The Morgan fingerprint density at radius 2 is 1.89 bits per heavy atom. The molecule has 94 valence electrons. The lowest BCUT2D eigenvalue weighted by atomic mass is 9.97. The predicted octanol–water partition coefficient (Wildman–Crippen LogP) is 4.14. The van der Waals surface area contributed by atoms with E-state index in [2.05, 4.69) is 6.58 Å². The van der Waals surface area contributed by atoms with Gasteiger partial charge in [-0.05, 0) is 17.2 Å². The Bertz CT molecular complexity index is 629. The van der Waals surface area contributed by atoms with Crippen molar-refractivity contribution in [2.45, 2.75) is 12.5 Å². The molecule has 1 heterocycles. The standard InChI is InChI=1S/C17H14O2/c1-2-6-16-14-10-9-13(11-15(14)17(18)19-16)12-7-4-3-5-8-12/h2-5,7-11,16H,1,6H2/t16-/m1/s1. The highest BCUT2D eigenvalue weighted by Crippen LogP contribution is 2.35. The fraction of sp³-hybridized carbons (Fsp3) is 0.118. The summed E-state index contributed by atoms with van der Waals surface area (Å²) >= 11 is 0. The topological polar surface area (TPSA) is 26.3 Å². The summed E-state index contributed by atoms with van der Waals surface area (Å²) in [4.78, 5) is 11.9. The number of rotatable bonds is 3. The maximum absolute atomic E-state index is 11.9. The largest absolute Gasteiger partial charge is 0.454 e. The summed E-state index contributed by atoms with van der Waals surface area (Å²) in [6.45, 7) is 3.70. The minimum atomic E-state index is -0.236. The van der Waals surface area contributed by atoms with Gasteiger partial charge in [0.05, 0.1) is 5.56 Å². The van der Waals surface area contributed by atoms with E-state index in [0.29, 0.717) is 12.0 Å². The van der Waals surface area contributed by atoms with Gasteiger partial charge in [-0.15, -0.1) is 6.58 Å². The van der Waals surface area contributed by atoms with Crippen LogP contribution in [0.15, 0.2) is 61.2 Å². The van der Waals surface area contributed by atoms with Crippen LogP contribution in [0.3, 0.4) is 0 Å². The van der Waals surface area contributed by atoms with Crippen LogP contribution in [-0.4, -0.2) is 5.97 Å². The van der Waals surface area contributed by atoms with E-state index >= 15 is 0 Å². The summed E-state index contributed by atoms with van der Waals surface area (Å²) in [6.07, 6.45) is 2.26. The molecule has 0 amide bonds. The van der Waals surface area contributed by atoms with E-state index in [-0.39, 0.29) is 12.1 Å². The van der Waals surface area contributed by atoms with Gasteiger partial charge in [-0.1, -0.05) is 48.5 Å². The van der Waals surface area contributed by atoms with Crippen molar-refractivity contribution in [2.24, 2.45) is 0 Å². The summed E-state index contributed by atoms with van der Waals surface area (Å²) in [5.74, 6) is -0.236. The monoisotopic (exact) mass is 250 g/mol. The molecule has 0 N–H and O–H groups in total. The predicted molar refractivity (Wildman–Crippen MR) is 74.8 cm³/mol. The van der Waals surface area contributed by atoms with Gasteiger partial charge in [0.2, 0.25) is 0 Å². The van der Waals surface area contributed by atoms with Gasteiger partial charge < -0.3 is 4.74 Å². The molecule has 0 aliphatic carbocycles. The van der Waals surface area contributed by atoms with Crippen molar-refractivity contribution in [3.8, 4) is 11.1 Å². The minimum absolute atomic E-state index is 0.176. The lowest BCUT2D eigenvalue weighted by Gasteiger charge is -2.07. The fourth-order valence-electron chi connectivity index (χ4n) is 2.41. The number of benzene rings is 2. The summed E-state index contributed by atoms with van der Waals surface area (Å²) < 4.78 is 5.35. The molecule has 0 aromatic heterocycles. The Hall–Kier alpha value is -2.35. The highest BCUT2D eigenvalue weighted by atomic mass is 16.5. The van der Waals surface area contributed by atoms with E-state index in [1.54, 1.807) is 6.08 Å². The van der Waals surface area contributed by atoms with Crippen LogP contribution in [0.2, 0.25) is 0 Å². The molecule has 0 unspecified atom stereocenters. The normalized spacial score (nSPS) is 16.8. The molecular formula is C17H14O2. The first-order valence-electron chi connectivity index (χ1n) is 6.31.